The summed E-state index contributed by atoms with van der Waals surface area (Å²) in [6, 6.07) is 0. The van der Waals surface area contributed by atoms with Crippen LogP contribution in [0.25, 0.3) is 0 Å². The van der Waals surface area contributed by atoms with Gasteiger partial charge in [0.2, 0.25) is 0 Å². The van der Waals surface area contributed by atoms with Crippen molar-refractivity contribution in [3.05, 3.63) is 18.2 Å². The van der Waals surface area contributed by atoms with Crippen LogP contribution < -0.4 is 0 Å². The second-order valence-corrected chi connectivity index (χ2v) is 3.60. The monoisotopic (exact) mass is 210 g/mol. The van der Waals surface area contributed by atoms with E-state index >= 15 is 0 Å². The van der Waals surface area contributed by atoms with Crippen molar-refractivity contribution in [3.63, 3.8) is 0 Å². The van der Waals surface area contributed by atoms with Crippen LogP contribution in [0.2, 0.25) is 0 Å². The summed E-state index contributed by atoms with van der Waals surface area (Å²) in [4.78, 5) is 15.2. The summed E-state index contributed by atoms with van der Waals surface area (Å²) in [5.41, 5.74) is 0. The molecule has 2 unspecified atom stereocenters. The number of aliphatic carboxylic acids is 1. The van der Waals surface area contributed by atoms with Gasteiger partial charge in [0.25, 0.3) is 0 Å². The maximum Gasteiger partial charge on any atom is 0.309 e. The normalized spacial score (nSPS) is 25.7. The van der Waals surface area contributed by atoms with Crippen LogP contribution in [-0.4, -0.2) is 27.2 Å². The molecular formula is C10H14N2O3. The highest BCUT2D eigenvalue weighted by Crippen LogP contribution is 2.33. The van der Waals surface area contributed by atoms with E-state index in [1.54, 1.807) is 6.20 Å². The smallest absolute Gasteiger partial charge is 0.309 e. The zero-order valence-electron chi connectivity index (χ0n) is 8.59. The predicted octanol–water partition coefficient (Wildman–Crippen LogP) is 1.07. The molecule has 1 N–H and O–H groups in total. The van der Waals surface area contributed by atoms with Gasteiger partial charge in [-0.2, -0.15) is 0 Å². The molecule has 5 nitrogen and oxygen atoms in total. The summed E-state index contributed by atoms with van der Waals surface area (Å²) in [5, 5.41) is 9.03. The first kappa shape index (κ1) is 10.2. The zero-order valence-corrected chi connectivity index (χ0v) is 8.59. The molecule has 1 aromatic rings. The number of nitrogens with zero attached hydrogens (tertiary/aromatic N) is 2. The standard InChI is InChI=1S/C10H14N2O3/c1-2-12-5-4-11-9(12)8-7(10(13)14)3-6-15-8/h4-5,7-8H,2-3,6H2,1H3,(H,13,14). The zero-order chi connectivity index (χ0) is 10.8. The van der Waals surface area contributed by atoms with E-state index in [4.69, 9.17) is 9.84 Å². The van der Waals surface area contributed by atoms with Gasteiger partial charge in [-0.25, -0.2) is 4.98 Å². The van der Waals surface area contributed by atoms with Gasteiger partial charge in [0.1, 0.15) is 11.9 Å². The lowest BCUT2D eigenvalue weighted by atomic mass is 10.0. The Labute approximate surface area is 87.7 Å². The molecule has 5 heteroatoms. The molecule has 1 saturated heterocycles. The molecule has 82 valence electrons. The largest absolute Gasteiger partial charge is 0.481 e. The molecule has 15 heavy (non-hydrogen) atoms. The third kappa shape index (κ3) is 1.74. The molecule has 0 radical (unpaired) electrons. The van der Waals surface area contributed by atoms with E-state index in [0.717, 1.165) is 12.4 Å². The molecule has 0 amide bonds. The summed E-state index contributed by atoms with van der Waals surface area (Å²) < 4.78 is 7.37. The van der Waals surface area contributed by atoms with E-state index in [9.17, 15) is 4.79 Å². The third-order valence-corrected chi connectivity index (χ3v) is 2.75. The molecule has 2 rings (SSSR count). The average molecular weight is 210 g/mol. The van der Waals surface area contributed by atoms with Crippen LogP contribution in [0.1, 0.15) is 25.3 Å². The van der Waals surface area contributed by atoms with Crippen molar-refractivity contribution >= 4 is 5.97 Å². The third-order valence-electron chi connectivity index (χ3n) is 2.75. The van der Waals surface area contributed by atoms with E-state index in [0.29, 0.717) is 13.0 Å². The van der Waals surface area contributed by atoms with E-state index < -0.39 is 18.0 Å². The highest BCUT2D eigenvalue weighted by Gasteiger charge is 2.37. The number of hydrogen-bond donors (Lipinski definition) is 1. The SMILES string of the molecule is CCn1ccnc1C1OCCC1C(=O)O. The van der Waals surface area contributed by atoms with Crippen LogP contribution in [0.5, 0.6) is 0 Å². The minimum Gasteiger partial charge on any atom is -0.481 e. The maximum atomic E-state index is 11.0. The summed E-state index contributed by atoms with van der Waals surface area (Å²) in [5.74, 6) is -0.539. The van der Waals surface area contributed by atoms with Gasteiger partial charge in [-0.3, -0.25) is 4.79 Å². The van der Waals surface area contributed by atoms with Gasteiger partial charge in [0, 0.05) is 25.5 Å². The molecule has 1 aromatic heterocycles. The number of carbonyl (C=O) groups is 1. The van der Waals surface area contributed by atoms with Gasteiger partial charge in [-0.05, 0) is 13.3 Å². The highest BCUT2D eigenvalue weighted by molar-refractivity contribution is 5.71. The van der Waals surface area contributed by atoms with Gasteiger partial charge in [0.05, 0.1) is 5.92 Å². The maximum absolute atomic E-state index is 11.0. The number of carboxylic acids is 1. The van der Waals surface area contributed by atoms with Crippen molar-refractivity contribution in [1.82, 2.24) is 9.55 Å². The van der Waals surface area contributed by atoms with E-state index in [1.165, 1.54) is 0 Å². The Morgan fingerprint density at radius 3 is 3.27 bits per heavy atom. The molecule has 0 aromatic carbocycles. The molecule has 0 saturated carbocycles. The molecule has 1 aliphatic rings. The van der Waals surface area contributed by atoms with Crippen LogP contribution in [-0.2, 0) is 16.1 Å². The van der Waals surface area contributed by atoms with Crippen LogP contribution in [0.3, 0.4) is 0 Å². The Balaban J connectivity index is 2.26. The van der Waals surface area contributed by atoms with Gasteiger partial charge < -0.3 is 14.4 Å². The van der Waals surface area contributed by atoms with Crippen molar-refractivity contribution in [2.24, 2.45) is 5.92 Å². The predicted molar refractivity (Wildman–Crippen MR) is 52.3 cm³/mol. The number of ether oxygens (including phenoxy) is 1. The van der Waals surface area contributed by atoms with Gasteiger partial charge >= 0.3 is 5.97 Å². The number of rotatable bonds is 3. The van der Waals surface area contributed by atoms with Crippen molar-refractivity contribution < 1.29 is 14.6 Å². The number of carboxylic acid groups (broad SMARTS) is 1. The number of hydrogen-bond acceptors (Lipinski definition) is 3. The fourth-order valence-electron chi connectivity index (χ4n) is 1.94. The molecule has 2 atom stereocenters. The lowest BCUT2D eigenvalue weighted by molar-refractivity contribution is -0.143. The van der Waals surface area contributed by atoms with Crippen molar-refractivity contribution in [2.75, 3.05) is 6.61 Å². The summed E-state index contributed by atoms with van der Waals surface area (Å²) in [7, 11) is 0. The van der Waals surface area contributed by atoms with E-state index in [2.05, 4.69) is 4.98 Å². The van der Waals surface area contributed by atoms with E-state index in [-0.39, 0.29) is 0 Å². The Morgan fingerprint density at radius 2 is 2.60 bits per heavy atom. The van der Waals surface area contributed by atoms with Gasteiger partial charge in [-0.15, -0.1) is 0 Å². The fourth-order valence-corrected chi connectivity index (χ4v) is 1.94. The molecule has 1 aliphatic heterocycles. The Hall–Kier alpha value is -1.36. The quantitative estimate of drug-likeness (QED) is 0.810. The molecular weight excluding hydrogens is 196 g/mol. The highest BCUT2D eigenvalue weighted by atomic mass is 16.5. The van der Waals surface area contributed by atoms with Crippen LogP contribution >= 0.6 is 0 Å². The fraction of sp³-hybridized carbons (Fsp3) is 0.600. The average Bonchev–Trinajstić information content (AvgIpc) is 2.85. The Morgan fingerprint density at radius 1 is 1.80 bits per heavy atom. The number of aromatic nitrogens is 2. The molecule has 0 aliphatic carbocycles. The van der Waals surface area contributed by atoms with Crippen molar-refractivity contribution in [1.29, 1.82) is 0 Å². The summed E-state index contributed by atoms with van der Waals surface area (Å²) in [6.07, 6.45) is 3.70. The second kappa shape index (κ2) is 4.02. The second-order valence-electron chi connectivity index (χ2n) is 3.60. The van der Waals surface area contributed by atoms with Gasteiger partial charge in [-0.1, -0.05) is 0 Å². The Bertz CT molecular complexity index is 361. The van der Waals surface area contributed by atoms with Crippen molar-refractivity contribution in [3.8, 4) is 0 Å². The lowest BCUT2D eigenvalue weighted by Gasteiger charge is -2.15. The van der Waals surface area contributed by atoms with Crippen LogP contribution in [0.4, 0.5) is 0 Å². The van der Waals surface area contributed by atoms with Crippen LogP contribution in [0.15, 0.2) is 12.4 Å². The van der Waals surface area contributed by atoms with Gasteiger partial charge in [0.15, 0.2) is 0 Å². The first-order valence-electron chi connectivity index (χ1n) is 5.09. The van der Waals surface area contributed by atoms with E-state index in [1.807, 2.05) is 17.7 Å². The summed E-state index contributed by atoms with van der Waals surface area (Å²) in [6.45, 7) is 3.27. The number of aryl methyl sites for hydroxylation is 1. The topological polar surface area (TPSA) is 64.4 Å². The number of imidazole rings is 1. The van der Waals surface area contributed by atoms with Crippen molar-refractivity contribution in [2.45, 2.75) is 26.0 Å². The minimum absolute atomic E-state index is 0.391. The molecule has 2 heterocycles. The Kier molecular flexibility index (Phi) is 2.73. The molecule has 1 fully saturated rings. The molecule has 0 bridgehead atoms. The minimum atomic E-state index is -0.803. The lowest BCUT2D eigenvalue weighted by Crippen LogP contribution is -2.20. The molecule has 0 spiro atoms. The van der Waals surface area contributed by atoms with Crippen LogP contribution in [0, 0.1) is 5.92 Å². The summed E-state index contributed by atoms with van der Waals surface area (Å²) >= 11 is 0. The first-order valence-corrected chi connectivity index (χ1v) is 5.09. The first-order chi connectivity index (χ1) is 7.24.